The van der Waals surface area contributed by atoms with Gasteiger partial charge in [-0.25, -0.2) is 4.79 Å². The van der Waals surface area contributed by atoms with E-state index in [9.17, 15) is 4.79 Å². The van der Waals surface area contributed by atoms with E-state index in [4.69, 9.17) is 5.11 Å². The lowest BCUT2D eigenvalue weighted by Gasteiger charge is -2.32. The van der Waals surface area contributed by atoms with E-state index in [2.05, 4.69) is 26.4 Å². The Kier molecular flexibility index (Phi) is 4.03. The van der Waals surface area contributed by atoms with E-state index in [0.29, 0.717) is 0 Å². The third kappa shape index (κ3) is 3.05. The second kappa shape index (κ2) is 6.33. The van der Waals surface area contributed by atoms with E-state index in [0.717, 1.165) is 38.0 Å². The van der Waals surface area contributed by atoms with Crippen LogP contribution >= 0.6 is 11.3 Å². The van der Waals surface area contributed by atoms with E-state index < -0.39 is 5.97 Å². The van der Waals surface area contributed by atoms with Gasteiger partial charge >= 0.3 is 5.97 Å². The molecule has 0 radical (unpaired) electrons. The van der Waals surface area contributed by atoms with Crippen molar-refractivity contribution in [1.82, 2.24) is 19.7 Å². The van der Waals surface area contributed by atoms with E-state index in [1.807, 2.05) is 12.3 Å². The van der Waals surface area contributed by atoms with Gasteiger partial charge in [-0.05, 0) is 42.0 Å². The van der Waals surface area contributed by atoms with Crippen LogP contribution in [0, 0.1) is 0 Å². The fraction of sp³-hybridized carbons (Fsp3) is 0.353. The van der Waals surface area contributed by atoms with Gasteiger partial charge in [0.1, 0.15) is 0 Å². The van der Waals surface area contributed by atoms with Crippen molar-refractivity contribution in [3.8, 4) is 0 Å². The van der Waals surface area contributed by atoms with Crippen LogP contribution in [0.4, 0.5) is 0 Å². The van der Waals surface area contributed by atoms with Crippen molar-refractivity contribution < 1.29 is 9.90 Å². The zero-order valence-corrected chi connectivity index (χ0v) is 13.9. The van der Waals surface area contributed by atoms with Crippen molar-refractivity contribution in [3.63, 3.8) is 0 Å². The maximum atomic E-state index is 10.9. The molecule has 0 saturated carbocycles. The van der Waals surface area contributed by atoms with Crippen LogP contribution in [-0.2, 0) is 6.54 Å². The van der Waals surface area contributed by atoms with Gasteiger partial charge in [0.2, 0.25) is 0 Å². The first-order valence-corrected chi connectivity index (χ1v) is 8.90. The van der Waals surface area contributed by atoms with Gasteiger partial charge in [0.25, 0.3) is 0 Å². The highest BCUT2D eigenvalue weighted by molar-refractivity contribution is 7.17. The Morgan fingerprint density at radius 1 is 1.33 bits per heavy atom. The second-order valence-corrected chi connectivity index (χ2v) is 7.09. The van der Waals surface area contributed by atoms with Gasteiger partial charge in [-0.3, -0.25) is 14.6 Å². The molecule has 0 aliphatic carbocycles. The number of carbonyl (C=O) groups is 1. The quantitative estimate of drug-likeness (QED) is 0.789. The highest BCUT2D eigenvalue weighted by Gasteiger charge is 2.22. The van der Waals surface area contributed by atoms with E-state index in [-0.39, 0.29) is 11.7 Å². The third-order valence-electron chi connectivity index (χ3n) is 4.52. The van der Waals surface area contributed by atoms with Crippen LogP contribution < -0.4 is 0 Å². The molecule has 4 heterocycles. The summed E-state index contributed by atoms with van der Waals surface area (Å²) in [5.74, 6) is -0.970. The van der Waals surface area contributed by atoms with Crippen LogP contribution in [0.5, 0.6) is 0 Å². The van der Waals surface area contributed by atoms with Crippen molar-refractivity contribution in [3.05, 3.63) is 47.2 Å². The monoisotopic (exact) mass is 342 g/mol. The first-order valence-electron chi connectivity index (χ1n) is 8.02. The molecule has 0 aromatic carbocycles. The largest absolute Gasteiger partial charge is 0.476 e. The highest BCUT2D eigenvalue weighted by atomic mass is 32.1. The number of hydrogen-bond acceptors (Lipinski definition) is 5. The summed E-state index contributed by atoms with van der Waals surface area (Å²) in [5, 5.41) is 15.2. The number of aromatic carboxylic acids is 1. The summed E-state index contributed by atoms with van der Waals surface area (Å²) in [4.78, 5) is 17.9. The Morgan fingerprint density at radius 2 is 2.17 bits per heavy atom. The number of carboxylic acids is 1. The topological polar surface area (TPSA) is 71.2 Å². The van der Waals surface area contributed by atoms with E-state index in [1.165, 1.54) is 10.3 Å². The number of nitrogens with zero attached hydrogens (tertiary/aromatic N) is 4. The molecule has 0 unspecified atom stereocenters. The standard InChI is InChI=1S/C17H18N4O2S/c22-17(23)15-3-7-21(19-15)13-1-5-20(6-2-13)11-12-9-16-14(18-10-12)4-8-24-16/h3-4,7-10,13H,1-2,5-6,11H2,(H,22,23). The molecule has 24 heavy (non-hydrogen) atoms. The lowest BCUT2D eigenvalue weighted by molar-refractivity contribution is 0.0688. The van der Waals surface area contributed by atoms with Crippen molar-refractivity contribution in [2.45, 2.75) is 25.4 Å². The van der Waals surface area contributed by atoms with Gasteiger partial charge in [0.05, 0.1) is 16.3 Å². The van der Waals surface area contributed by atoms with Gasteiger partial charge in [-0.1, -0.05) is 0 Å². The molecule has 1 N–H and O–H groups in total. The molecule has 1 saturated heterocycles. The van der Waals surface area contributed by atoms with Gasteiger partial charge in [-0.15, -0.1) is 11.3 Å². The van der Waals surface area contributed by atoms with Crippen LogP contribution in [0.2, 0.25) is 0 Å². The lowest BCUT2D eigenvalue weighted by atomic mass is 10.0. The molecule has 0 bridgehead atoms. The molecule has 4 rings (SSSR count). The predicted molar refractivity (Wildman–Crippen MR) is 92.4 cm³/mol. The summed E-state index contributed by atoms with van der Waals surface area (Å²) < 4.78 is 3.04. The second-order valence-electron chi connectivity index (χ2n) is 6.14. The smallest absolute Gasteiger partial charge is 0.356 e. The highest BCUT2D eigenvalue weighted by Crippen LogP contribution is 2.25. The minimum Gasteiger partial charge on any atom is -0.476 e. The van der Waals surface area contributed by atoms with E-state index in [1.54, 1.807) is 28.3 Å². The average Bonchev–Trinajstić information content (AvgIpc) is 3.24. The maximum absolute atomic E-state index is 10.9. The molecule has 6 nitrogen and oxygen atoms in total. The Bertz CT molecular complexity index is 864. The van der Waals surface area contributed by atoms with Crippen molar-refractivity contribution in [1.29, 1.82) is 0 Å². The van der Waals surface area contributed by atoms with Gasteiger partial charge < -0.3 is 5.11 Å². The number of thiophene rings is 1. The molecule has 1 aliphatic heterocycles. The molecule has 1 fully saturated rings. The lowest BCUT2D eigenvalue weighted by Crippen LogP contribution is -2.34. The fourth-order valence-corrected chi connectivity index (χ4v) is 4.03. The van der Waals surface area contributed by atoms with Gasteiger partial charge in [0.15, 0.2) is 5.69 Å². The van der Waals surface area contributed by atoms with Crippen molar-refractivity contribution in [2.24, 2.45) is 0 Å². The van der Waals surface area contributed by atoms with E-state index >= 15 is 0 Å². The Balaban J connectivity index is 1.37. The zero-order valence-electron chi connectivity index (χ0n) is 13.1. The van der Waals surface area contributed by atoms with Crippen molar-refractivity contribution >= 4 is 27.5 Å². The summed E-state index contributed by atoms with van der Waals surface area (Å²) in [6.07, 6.45) is 5.71. The molecule has 1 aliphatic rings. The van der Waals surface area contributed by atoms with Crippen LogP contribution in [0.3, 0.4) is 0 Å². The number of hydrogen-bond donors (Lipinski definition) is 1. The number of rotatable bonds is 4. The van der Waals surface area contributed by atoms with Gasteiger partial charge in [-0.2, -0.15) is 5.10 Å². The molecular formula is C17H18N4O2S. The predicted octanol–water partition coefficient (Wildman–Crippen LogP) is 3.03. The molecule has 7 heteroatoms. The van der Waals surface area contributed by atoms with Crippen LogP contribution in [-0.4, -0.2) is 43.8 Å². The Morgan fingerprint density at radius 3 is 2.92 bits per heavy atom. The van der Waals surface area contributed by atoms with Crippen molar-refractivity contribution in [2.75, 3.05) is 13.1 Å². The number of piperidine rings is 1. The summed E-state index contributed by atoms with van der Waals surface area (Å²) in [5.41, 5.74) is 2.43. The Hall–Kier alpha value is -2.25. The Labute approximate surface area is 143 Å². The number of likely N-dealkylation sites (tertiary alicyclic amines) is 1. The molecular weight excluding hydrogens is 324 g/mol. The summed E-state index contributed by atoms with van der Waals surface area (Å²) in [6, 6.07) is 6.12. The number of fused-ring (bicyclic) bond motifs is 1. The normalized spacial score (nSPS) is 16.7. The third-order valence-corrected chi connectivity index (χ3v) is 5.38. The molecule has 0 atom stereocenters. The first kappa shape index (κ1) is 15.3. The number of aromatic nitrogens is 3. The SMILES string of the molecule is O=C(O)c1ccn(C2CCN(Cc3cnc4ccsc4c3)CC2)n1. The van der Waals surface area contributed by atoms with Gasteiger partial charge in [0, 0.05) is 32.0 Å². The average molecular weight is 342 g/mol. The minimum atomic E-state index is -0.970. The van der Waals surface area contributed by atoms with Crippen LogP contribution in [0.25, 0.3) is 10.2 Å². The number of pyridine rings is 1. The van der Waals surface area contributed by atoms with Crippen LogP contribution in [0.1, 0.15) is 34.9 Å². The zero-order chi connectivity index (χ0) is 16.5. The van der Waals surface area contributed by atoms with Crippen LogP contribution in [0.15, 0.2) is 36.0 Å². The fourth-order valence-electron chi connectivity index (χ4n) is 3.23. The minimum absolute atomic E-state index is 0.118. The summed E-state index contributed by atoms with van der Waals surface area (Å²) in [7, 11) is 0. The maximum Gasteiger partial charge on any atom is 0.356 e. The summed E-state index contributed by atoms with van der Waals surface area (Å²) in [6.45, 7) is 2.87. The first-order chi connectivity index (χ1) is 11.7. The molecule has 0 spiro atoms. The molecule has 124 valence electrons. The molecule has 3 aromatic heterocycles. The molecule has 3 aromatic rings. The number of carboxylic acid groups (broad SMARTS) is 1. The molecule has 0 amide bonds. The summed E-state index contributed by atoms with van der Waals surface area (Å²) >= 11 is 1.73.